The van der Waals surface area contributed by atoms with Crippen molar-refractivity contribution in [2.45, 2.75) is 123 Å². The Kier molecular flexibility index (Phi) is 14.2. The zero-order valence-corrected chi connectivity index (χ0v) is 35.6. The van der Waals surface area contributed by atoms with E-state index in [0.29, 0.717) is 36.0 Å². The lowest BCUT2D eigenvalue weighted by molar-refractivity contribution is -0.139. The van der Waals surface area contributed by atoms with Crippen molar-refractivity contribution in [3.8, 4) is 6.01 Å². The summed E-state index contributed by atoms with van der Waals surface area (Å²) in [6.07, 6.45) is 6.33. The number of rotatable bonds is 17. The van der Waals surface area contributed by atoms with Crippen LogP contribution in [0.25, 0.3) is 12.2 Å². The number of amides is 4. The van der Waals surface area contributed by atoms with Gasteiger partial charge in [0, 0.05) is 37.5 Å². The summed E-state index contributed by atoms with van der Waals surface area (Å²) in [5.74, 6) is -1.74. The first-order valence-electron chi connectivity index (χ1n) is 18.9. The zero-order chi connectivity index (χ0) is 41.7. The Morgan fingerprint density at radius 2 is 1.89 bits per heavy atom. The molecule has 4 amide bonds. The van der Waals surface area contributed by atoms with Crippen LogP contribution in [0.5, 0.6) is 6.01 Å². The van der Waals surface area contributed by atoms with Gasteiger partial charge in [-0.2, -0.15) is 17.7 Å². The summed E-state index contributed by atoms with van der Waals surface area (Å²) in [7, 11) is -1.15. The summed E-state index contributed by atoms with van der Waals surface area (Å²) in [5, 5.41) is 5.95. The molecule has 3 heterocycles. The van der Waals surface area contributed by atoms with Crippen LogP contribution >= 0.6 is 11.3 Å². The summed E-state index contributed by atoms with van der Waals surface area (Å²) in [4.78, 5) is 63.0. The minimum Gasteiger partial charge on any atom is -0.459 e. The Morgan fingerprint density at radius 1 is 1.20 bits per heavy atom. The maximum absolute atomic E-state index is 14.2. The van der Waals surface area contributed by atoms with Gasteiger partial charge < -0.3 is 25.4 Å². The molecule has 16 nitrogen and oxygen atoms in total. The van der Waals surface area contributed by atoms with Crippen LogP contribution in [0.4, 0.5) is 4.79 Å². The highest BCUT2D eigenvalue weighted by Gasteiger charge is 2.55. The van der Waals surface area contributed by atoms with E-state index in [2.05, 4.69) is 21.6 Å². The Morgan fingerprint density at radius 3 is 2.48 bits per heavy atom. The fraction of sp³-hybridized carbons (Fsp3) is 0.632. The highest BCUT2D eigenvalue weighted by molar-refractivity contribution is 7.87. The molecular weight excluding hydrogens is 761 g/mol. The van der Waals surface area contributed by atoms with Gasteiger partial charge in [-0.3, -0.25) is 19.0 Å². The molecule has 4 N–H and O–H groups in total. The molecular formula is C38H58N8O8S2. The molecule has 5 atom stereocenters. The Balaban J connectivity index is 1.41. The maximum Gasteiger partial charge on any atom is 0.408 e. The fourth-order valence-corrected chi connectivity index (χ4v) is 7.90. The van der Waals surface area contributed by atoms with Gasteiger partial charge in [-0.1, -0.05) is 38.5 Å². The van der Waals surface area contributed by atoms with Gasteiger partial charge in [-0.15, -0.1) is 11.3 Å². The average molecular weight is 819 g/mol. The number of nitrogens with two attached hydrogens (primary N) is 1. The standard InChI is InChI=1S/C38H58N8O8S2/c1-23(2)46-25(4)31(24(3)29-21-55-22-40-29)42-35(46)53-27-18-30(32(39)47)45(20-27)33(48)28(41-36(50)54-37(5,6)7)17-15-13-11-12-14-16-26-19-38(26,8)34(49)43-56(51,52)44(9)10/h14,16,21-23,26-28,30H,4,11-13,15,17-20H2,1-3,5-10H3,(H2,39,47)(H,41,50)(H,43,49). The molecule has 18 heteroatoms. The van der Waals surface area contributed by atoms with Crippen molar-refractivity contribution in [2.75, 3.05) is 20.6 Å². The number of thiazole rings is 1. The van der Waals surface area contributed by atoms with Crippen molar-refractivity contribution in [2.24, 2.45) is 17.1 Å². The lowest BCUT2D eigenvalue weighted by atomic mass is 10.0. The average Bonchev–Trinajstić information content (AvgIpc) is 3.51. The van der Waals surface area contributed by atoms with Crippen molar-refractivity contribution in [1.82, 2.24) is 33.8 Å². The van der Waals surface area contributed by atoms with Crippen LogP contribution in [0.1, 0.15) is 105 Å². The number of nitrogens with zero attached hydrogens (tertiary/aromatic N) is 5. The van der Waals surface area contributed by atoms with E-state index in [1.165, 1.54) is 30.3 Å². The number of hydrogen-bond donors (Lipinski definition) is 3. The third-order valence-electron chi connectivity index (χ3n) is 10.1. The van der Waals surface area contributed by atoms with Crippen LogP contribution in [0, 0.1) is 11.3 Å². The highest BCUT2D eigenvalue weighted by atomic mass is 32.2. The van der Waals surface area contributed by atoms with Crippen LogP contribution in [-0.4, -0.2) is 100 Å². The number of likely N-dealkylation sites (tertiary alicyclic amines) is 1. The number of primary amides is 1. The summed E-state index contributed by atoms with van der Waals surface area (Å²) in [5.41, 5.74) is 7.63. The van der Waals surface area contributed by atoms with Crippen molar-refractivity contribution in [3.05, 3.63) is 39.4 Å². The van der Waals surface area contributed by atoms with Crippen molar-refractivity contribution in [3.63, 3.8) is 0 Å². The number of nitrogens with one attached hydrogen (secondary N) is 2. The number of allylic oxidation sites excluding steroid dienone is 2. The van der Waals surface area contributed by atoms with E-state index in [1.807, 2.05) is 42.9 Å². The number of aromatic nitrogens is 3. The molecule has 0 aromatic carbocycles. The number of unbranched alkanes of at least 4 members (excludes halogenated alkanes) is 3. The second-order valence-corrected chi connectivity index (χ2v) is 18.9. The quantitative estimate of drug-likeness (QED) is 0.157. The van der Waals surface area contributed by atoms with Gasteiger partial charge in [0.05, 0.1) is 33.9 Å². The molecule has 1 saturated heterocycles. The normalized spacial score (nSPS) is 22.3. The molecule has 5 unspecified atom stereocenters. The van der Waals surface area contributed by atoms with E-state index in [-0.39, 0.29) is 31.3 Å². The molecule has 0 spiro atoms. The molecule has 310 valence electrons. The van der Waals surface area contributed by atoms with E-state index < -0.39 is 63.2 Å². The molecule has 2 aliphatic rings. The number of hydrogen-bond acceptors (Lipinski definition) is 11. The monoisotopic (exact) mass is 818 g/mol. The van der Waals surface area contributed by atoms with Crippen molar-refractivity contribution < 1.29 is 37.1 Å². The van der Waals surface area contributed by atoms with Crippen LogP contribution in [0.15, 0.2) is 23.0 Å². The van der Waals surface area contributed by atoms with Gasteiger partial charge in [0.15, 0.2) is 0 Å². The second kappa shape index (κ2) is 17.9. The number of imidazole rings is 1. The second-order valence-electron chi connectivity index (χ2n) is 16.2. The third-order valence-corrected chi connectivity index (χ3v) is 12.0. The lowest BCUT2D eigenvalue weighted by Gasteiger charge is -2.28. The Bertz CT molecular complexity index is 2010. The van der Waals surface area contributed by atoms with Crippen LogP contribution in [-0.2, 0) is 29.3 Å². The predicted molar refractivity (Wildman–Crippen MR) is 214 cm³/mol. The number of carbonyl (C=O) groups is 4. The number of carbonyl (C=O) groups excluding carboxylic acids is 4. The van der Waals surface area contributed by atoms with E-state index in [1.54, 1.807) is 33.2 Å². The summed E-state index contributed by atoms with van der Waals surface area (Å²) >= 11 is 1.48. The van der Waals surface area contributed by atoms with Gasteiger partial charge in [0.25, 0.3) is 6.01 Å². The topological polar surface area (TPSA) is 208 Å². The summed E-state index contributed by atoms with van der Waals surface area (Å²) in [6.45, 7) is 17.1. The number of ether oxygens (including phenoxy) is 2. The van der Waals surface area contributed by atoms with Crippen LogP contribution in [0.3, 0.4) is 0 Å². The third kappa shape index (κ3) is 11.0. The predicted octanol–water partition coefficient (Wildman–Crippen LogP) is 2.73. The van der Waals surface area contributed by atoms with Gasteiger partial charge in [0.1, 0.15) is 23.8 Å². The lowest BCUT2D eigenvalue weighted by Crippen LogP contribution is -2.53. The SMILES string of the molecule is C=c1c(=C(C)c2cscn2)nc(OC2CC(C(N)=O)N(C(=O)C(CCCCCC=CC3CC3(C)C(=O)NS(=O)(=O)N(C)C)NC(=O)OC(C)(C)C)C2)n1C(C)C. The highest BCUT2D eigenvalue weighted by Crippen LogP contribution is 2.53. The van der Waals surface area contributed by atoms with E-state index >= 15 is 0 Å². The van der Waals surface area contributed by atoms with Crippen molar-refractivity contribution >= 4 is 57.5 Å². The van der Waals surface area contributed by atoms with Gasteiger partial charge >= 0.3 is 16.3 Å². The van der Waals surface area contributed by atoms with E-state index in [9.17, 15) is 27.6 Å². The first-order chi connectivity index (χ1) is 26.1. The first kappa shape index (κ1) is 44.4. The van der Waals surface area contributed by atoms with Gasteiger partial charge in [-0.25, -0.2) is 14.5 Å². The van der Waals surface area contributed by atoms with Gasteiger partial charge in [0.2, 0.25) is 17.7 Å². The number of alkyl carbamates (subject to hydrolysis) is 1. The molecule has 2 aromatic rings. The fourth-order valence-electron chi connectivity index (χ4n) is 6.64. The summed E-state index contributed by atoms with van der Waals surface area (Å²) < 4.78 is 41.0. The van der Waals surface area contributed by atoms with E-state index in [0.717, 1.165) is 28.4 Å². The van der Waals surface area contributed by atoms with E-state index in [4.69, 9.17) is 20.2 Å². The molecule has 0 bridgehead atoms. The molecule has 1 aliphatic heterocycles. The largest absolute Gasteiger partial charge is 0.459 e. The maximum atomic E-state index is 14.2. The molecule has 1 saturated carbocycles. The van der Waals surface area contributed by atoms with Crippen LogP contribution in [0.2, 0.25) is 0 Å². The van der Waals surface area contributed by atoms with Crippen LogP contribution < -0.4 is 31.2 Å². The Hall–Kier alpha value is -4.29. The molecule has 56 heavy (non-hydrogen) atoms. The molecule has 2 fully saturated rings. The smallest absolute Gasteiger partial charge is 0.408 e. The molecule has 2 aromatic heterocycles. The minimum absolute atomic E-state index is 0.0461. The molecule has 4 rings (SSSR count). The molecule has 0 radical (unpaired) electrons. The first-order valence-corrected chi connectivity index (χ1v) is 21.3. The zero-order valence-electron chi connectivity index (χ0n) is 34.0. The van der Waals surface area contributed by atoms with Crippen molar-refractivity contribution in [1.29, 1.82) is 0 Å². The Labute approximate surface area is 333 Å². The summed E-state index contributed by atoms with van der Waals surface area (Å²) in [6, 6.07) is -1.71. The van der Waals surface area contributed by atoms with Gasteiger partial charge in [-0.05, 0) is 73.1 Å². The minimum atomic E-state index is -3.86. The molecule has 1 aliphatic carbocycles.